The van der Waals surface area contributed by atoms with Crippen LogP contribution in [-0.2, 0) is 16.0 Å². The Bertz CT molecular complexity index is 484. The van der Waals surface area contributed by atoms with E-state index >= 15 is 0 Å². The van der Waals surface area contributed by atoms with Gasteiger partial charge in [-0.05, 0) is 25.5 Å². The van der Waals surface area contributed by atoms with Crippen molar-refractivity contribution in [3.05, 3.63) is 29.8 Å². The van der Waals surface area contributed by atoms with E-state index in [1.807, 2.05) is 6.07 Å². The summed E-state index contributed by atoms with van der Waals surface area (Å²) in [5, 5.41) is 11.1. The predicted molar refractivity (Wildman–Crippen MR) is 63.0 cm³/mol. The van der Waals surface area contributed by atoms with E-state index < -0.39 is 18.1 Å². The number of carbonyl (C=O) groups excluding carboxylic acids is 2. The van der Waals surface area contributed by atoms with Gasteiger partial charge in [-0.2, -0.15) is 0 Å². The Morgan fingerprint density at radius 3 is 2.67 bits per heavy atom. The highest BCUT2D eigenvalue weighted by molar-refractivity contribution is 5.98. The van der Waals surface area contributed by atoms with Crippen molar-refractivity contribution in [2.45, 2.75) is 32.4 Å². The van der Waals surface area contributed by atoms with Crippen molar-refractivity contribution in [2.75, 3.05) is 4.90 Å². The summed E-state index contributed by atoms with van der Waals surface area (Å²) in [6.45, 7) is 3.43. The lowest BCUT2D eigenvalue weighted by atomic mass is 10.1. The molecule has 5 nitrogen and oxygen atoms in total. The maximum atomic E-state index is 11.9. The van der Waals surface area contributed by atoms with Gasteiger partial charge in [0.2, 0.25) is 0 Å². The average molecular weight is 248 g/mol. The Balaban J connectivity index is 2.34. The average Bonchev–Trinajstić information content (AvgIpc) is 2.67. The first-order valence-electron chi connectivity index (χ1n) is 5.79. The number of nitrogens with zero attached hydrogens (tertiary/aromatic N) is 1. The van der Waals surface area contributed by atoms with Gasteiger partial charge >= 0.3 is 6.09 Å². The van der Waals surface area contributed by atoms with Crippen LogP contribution in [0.15, 0.2) is 24.3 Å². The molecule has 0 bridgehead atoms. The van der Waals surface area contributed by atoms with Gasteiger partial charge in [0.05, 0.1) is 23.8 Å². The zero-order valence-electron chi connectivity index (χ0n) is 10.3. The fourth-order valence-electron chi connectivity index (χ4n) is 2.06. The molecule has 0 saturated heterocycles. The highest BCUT2D eigenvalue weighted by Gasteiger charge is 2.35. The molecule has 1 heterocycles. The molecule has 0 radical (unpaired) electrons. The Hall–Kier alpha value is -2.04. The Kier molecular flexibility index (Phi) is 3.23. The molecular formula is C13H14NO4-. The van der Waals surface area contributed by atoms with E-state index in [1.54, 1.807) is 32.0 Å². The van der Waals surface area contributed by atoms with Crippen molar-refractivity contribution >= 4 is 17.7 Å². The normalized spacial score (nSPS) is 17.7. The number of hydrogen-bond donors (Lipinski definition) is 0. The molecular weight excluding hydrogens is 234 g/mol. The SMILES string of the molecule is CC(C)OC(=O)N1c2ccccc2CC1C(=O)[O-]. The van der Waals surface area contributed by atoms with E-state index in [0.29, 0.717) is 5.69 Å². The minimum absolute atomic E-state index is 0.256. The van der Waals surface area contributed by atoms with E-state index in [0.717, 1.165) is 10.5 Å². The molecule has 0 saturated carbocycles. The van der Waals surface area contributed by atoms with Gasteiger partial charge in [0.1, 0.15) is 0 Å². The Morgan fingerprint density at radius 1 is 1.39 bits per heavy atom. The molecule has 0 aromatic heterocycles. The van der Waals surface area contributed by atoms with Gasteiger partial charge in [-0.15, -0.1) is 0 Å². The summed E-state index contributed by atoms with van der Waals surface area (Å²) in [4.78, 5) is 24.2. The van der Waals surface area contributed by atoms with Crippen LogP contribution in [0.5, 0.6) is 0 Å². The molecule has 2 rings (SSSR count). The highest BCUT2D eigenvalue weighted by atomic mass is 16.6. The molecule has 18 heavy (non-hydrogen) atoms. The standard InChI is InChI=1S/C13H15NO4/c1-8(2)18-13(17)14-10-6-4-3-5-9(10)7-11(14)12(15)16/h3-6,8,11H,7H2,1-2H3,(H,15,16)/p-1. The zero-order chi connectivity index (χ0) is 13.3. The molecule has 0 aliphatic carbocycles. The van der Waals surface area contributed by atoms with E-state index in [9.17, 15) is 14.7 Å². The lowest BCUT2D eigenvalue weighted by molar-refractivity contribution is -0.307. The van der Waals surface area contributed by atoms with Gasteiger partial charge in [-0.25, -0.2) is 4.79 Å². The first-order valence-corrected chi connectivity index (χ1v) is 5.79. The molecule has 0 fully saturated rings. The quantitative estimate of drug-likeness (QED) is 0.773. The number of hydrogen-bond acceptors (Lipinski definition) is 4. The molecule has 5 heteroatoms. The van der Waals surface area contributed by atoms with Crippen molar-refractivity contribution in [2.24, 2.45) is 0 Å². The first kappa shape index (κ1) is 12.4. The lowest BCUT2D eigenvalue weighted by Crippen LogP contribution is -2.49. The third-order valence-electron chi connectivity index (χ3n) is 2.78. The molecule has 1 atom stereocenters. The van der Waals surface area contributed by atoms with Crippen LogP contribution in [0.2, 0.25) is 0 Å². The zero-order valence-corrected chi connectivity index (χ0v) is 10.3. The third kappa shape index (κ3) is 2.16. The van der Waals surface area contributed by atoms with Crippen LogP contribution >= 0.6 is 0 Å². The van der Waals surface area contributed by atoms with Crippen molar-refractivity contribution in [1.82, 2.24) is 0 Å². The van der Waals surface area contributed by atoms with Crippen LogP contribution in [-0.4, -0.2) is 24.2 Å². The number of para-hydroxylation sites is 1. The number of aliphatic carboxylic acids is 1. The number of amides is 1. The summed E-state index contributed by atoms with van der Waals surface area (Å²) < 4.78 is 5.07. The van der Waals surface area contributed by atoms with Crippen LogP contribution in [0.4, 0.5) is 10.5 Å². The van der Waals surface area contributed by atoms with Gasteiger partial charge in [0, 0.05) is 6.42 Å². The molecule has 0 N–H and O–H groups in total. The number of anilines is 1. The molecule has 1 aromatic rings. The molecule has 1 aromatic carbocycles. The van der Waals surface area contributed by atoms with Crippen molar-refractivity contribution in [3.8, 4) is 0 Å². The second kappa shape index (κ2) is 4.68. The van der Waals surface area contributed by atoms with Crippen LogP contribution in [0.1, 0.15) is 19.4 Å². The monoisotopic (exact) mass is 248 g/mol. The fraction of sp³-hybridized carbons (Fsp3) is 0.385. The summed E-state index contributed by atoms with van der Waals surface area (Å²) in [6.07, 6.45) is -0.692. The van der Waals surface area contributed by atoms with Gasteiger partial charge < -0.3 is 14.6 Å². The van der Waals surface area contributed by atoms with E-state index in [1.165, 1.54) is 0 Å². The van der Waals surface area contributed by atoms with Gasteiger partial charge in [-0.3, -0.25) is 4.90 Å². The number of ether oxygens (including phenoxy) is 1. The highest BCUT2D eigenvalue weighted by Crippen LogP contribution is 2.32. The van der Waals surface area contributed by atoms with Crippen LogP contribution < -0.4 is 10.0 Å². The number of fused-ring (bicyclic) bond motifs is 1. The summed E-state index contributed by atoms with van der Waals surface area (Å²) in [6, 6.07) is 6.08. The minimum Gasteiger partial charge on any atom is -0.548 e. The predicted octanol–water partition coefficient (Wildman–Crippen LogP) is 0.713. The fourth-order valence-corrected chi connectivity index (χ4v) is 2.06. The van der Waals surface area contributed by atoms with Crippen LogP contribution in [0, 0.1) is 0 Å². The summed E-state index contributed by atoms with van der Waals surface area (Å²) in [5.74, 6) is -1.27. The van der Waals surface area contributed by atoms with Gasteiger partial charge in [0.15, 0.2) is 0 Å². The Morgan fingerprint density at radius 2 is 2.06 bits per heavy atom. The number of benzene rings is 1. The van der Waals surface area contributed by atoms with Crippen molar-refractivity contribution < 1.29 is 19.4 Å². The minimum atomic E-state index is -1.27. The number of carbonyl (C=O) groups is 2. The number of carboxylic acid groups (broad SMARTS) is 1. The summed E-state index contributed by atoms with van der Waals surface area (Å²) in [5.41, 5.74) is 1.39. The van der Waals surface area contributed by atoms with E-state index in [-0.39, 0.29) is 12.5 Å². The summed E-state index contributed by atoms with van der Waals surface area (Å²) >= 11 is 0. The van der Waals surface area contributed by atoms with Gasteiger partial charge in [0.25, 0.3) is 0 Å². The maximum absolute atomic E-state index is 11.9. The smallest absolute Gasteiger partial charge is 0.415 e. The van der Waals surface area contributed by atoms with E-state index in [2.05, 4.69) is 0 Å². The maximum Gasteiger partial charge on any atom is 0.415 e. The van der Waals surface area contributed by atoms with Gasteiger partial charge in [-0.1, -0.05) is 18.2 Å². The number of carboxylic acids is 1. The van der Waals surface area contributed by atoms with Crippen molar-refractivity contribution in [3.63, 3.8) is 0 Å². The third-order valence-corrected chi connectivity index (χ3v) is 2.78. The summed E-state index contributed by atoms with van der Waals surface area (Å²) in [7, 11) is 0. The molecule has 96 valence electrons. The lowest BCUT2D eigenvalue weighted by Gasteiger charge is -2.26. The molecule has 1 aliphatic heterocycles. The van der Waals surface area contributed by atoms with Crippen LogP contribution in [0.3, 0.4) is 0 Å². The Labute approximate surface area is 105 Å². The van der Waals surface area contributed by atoms with E-state index in [4.69, 9.17) is 4.74 Å². The molecule has 0 spiro atoms. The molecule has 1 aliphatic rings. The molecule has 1 unspecified atom stereocenters. The second-order valence-electron chi connectivity index (χ2n) is 4.47. The number of rotatable bonds is 2. The van der Waals surface area contributed by atoms with Crippen LogP contribution in [0.25, 0.3) is 0 Å². The largest absolute Gasteiger partial charge is 0.548 e. The topological polar surface area (TPSA) is 69.7 Å². The molecule has 1 amide bonds. The van der Waals surface area contributed by atoms with Crippen molar-refractivity contribution in [1.29, 1.82) is 0 Å². The second-order valence-corrected chi connectivity index (χ2v) is 4.47. The first-order chi connectivity index (χ1) is 8.50.